The van der Waals surface area contributed by atoms with Gasteiger partial charge in [0, 0.05) is 33.8 Å². The predicted molar refractivity (Wildman–Crippen MR) is 309 cm³/mol. The van der Waals surface area contributed by atoms with Crippen LogP contribution in [0.25, 0.3) is 0 Å². The highest BCUT2D eigenvalue weighted by Gasteiger charge is 2.60. The van der Waals surface area contributed by atoms with Crippen LogP contribution in [0.15, 0.2) is 194 Å². The SMILES string of the molecule is CCC(c1ccc(C2OC3C(O2)[C@H](Cc2ccccc2)P(c2ccccc2P2[C@@H](Cc4ccccc4)C4OC(c5ccc(C(CC)C(C)C)cc5)OC4[C@@H]2Cc2ccccc2)[C@H]3Cc2ccccc2)cc1)C(C)C. The second-order valence-electron chi connectivity index (χ2n) is 22.2. The summed E-state index contributed by atoms with van der Waals surface area (Å²) in [5.74, 6) is 2.23. The fraction of sp³-hybridized carbons (Fsp3) is 0.382. The van der Waals surface area contributed by atoms with E-state index in [0.29, 0.717) is 23.7 Å². The van der Waals surface area contributed by atoms with E-state index in [1.54, 1.807) is 0 Å². The monoisotopic (exact) mass is 1020 g/mol. The average Bonchev–Trinajstić information content (AvgIpc) is 4.20. The molecular formula is C68H76O4P2. The van der Waals surface area contributed by atoms with Gasteiger partial charge in [-0.15, -0.1) is 0 Å². The van der Waals surface area contributed by atoms with Crippen LogP contribution in [0, 0.1) is 11.8 Å². The van der Waals surface area contributed by atoms with Gasteiger partial charge in [-0.3, -0.25) is 0 Å². The van der Waals surface area contributed by atoms with Crippen LogP contribution in [0.3, 0.4) is 0 Å². The smallest absolute Gasteiger partial charge is 0.184 e. The molecule has 4 nitrogen and oxygen atoms in total. The highest BCUT2D eigenvalue weighted by Crippen LogP contribution is 2.66. The van der Waals surface area contributed by atoms with E-state index in [4.69, 9.17) is 18.9 Å². The van der Waals surface area contributed by atoms with E-state index in [0.717, 1.165) is 49.7 Å². The Labute approximate surface area is 445 Å². The van der Waals surface area contributed by atoms with Crippen molar-refractivity contribution in [1.82, 2.24) is 0 Å². The lowest BCUT2D eigenvalue weighted by Gasteiger charge is -2.36. The highest BCUT2D eigenvalue weighted by molar-refractivity contribution is 7.73. The first-order chi connectivity index (χ1) is 36.3. The van der Waals surface area contributed by atoms with E-state index in [1.807, 2.05) is 0 Å². The topological polar surface area (TPSA) is 36.9 Å². The Bertz CT molecular complexity index is 2550. The van der Waals surface area contributed by atoms with E-state index >= 15 is 0 Å². The molecule has 10 atom stereocenters. The first kappa shape index (κ1) is 51.4. The van der Waals surface area contributed by atoms with E-state index in [1.165, 1.54) is 44.0 Å². The Morgan fingerprint density at radius 3 is 0.838 bits per heavy atom. The molecule has 382 valence electrons. The van der Waals surface area contributed by atoms with Crippen LogP contribution in [0.1, 0.15) is 123 Å². The normalized spacial score (nSPS) is 28.1. The molecule has 4 fully saturated rings. The lowest BCUT2D eigenvalue weighted by atomic mass is 9.86. The second kappa shape index (κ2) is 23.2. The maximum absolute atomic E-state index is 7.43. The van der Waals surface area contributed by atoms with Crippen molar-refractivity contribution in [3.8, 4) is 0 Å². The third-order valence-corrected chi connectivity index (χ3v) is 23.9. The number of ether oxygens (including phenoxy) is 4. The zero-order valence-corrected chi connectivity index (χ0v) is 46.1. The summed E-state index contributed by atoms with van der Waals surface area (Å²) in [5, 5.41) is 3.05. The molecule has 6 heteroatoms. The first-order valence-corrected chi connectivity index (χ1v) is 30.8. The summed E-state index contributed by atoms with van der Waals surface area (Å²) in [4.78, 5) is 0. The third-order valence-electron chi connectivity index (χ3n) is 17.1. The van der Waals surface area contributed by atoms with Crippen molar-refractivity contribution < 1.29 is 18.9 Å². The minimum Gasteiger partial charge on any atom is -0.342 e. The lowest BCUT2D eigenvalue weighted by Crippen LogP contribution is -2.35. The molecule has 0 amide bonds. The fourth-order valence-corrected chi connectivity index (χ4v) is 21.7. The Morgan fingerprint density at radius 1 is 0.338 bits per heavy atom. The molecule has 0 spiro atoms. The lowest BCUT2D eigenvalue weighted by molar-refractivity contribution is -0.0712. The summed E-state index contributed by atoms with van der Waals surface area (Å²) in [5.41, 5.74) is 11.4. The van der Waals surface area contributed by atoms with Crippen LogP contribution in [-0.4, -0.2) is 47.1 Å². The van der Waals surface area contributed by atoms with Gasteiger partial charge in [-0.1, -0.05) is 252 Å². The fourth-order valence-electron chi connectivity index (χ4n) is 13.5. The van der Waals surface area contributed by atoms with Crippen LogP contribution in [0.5, 0.6) is 0 Å². The highest BCUT2D eigenvalue weighted by atomic mass is 31.1. The molecule has 4 aliphatic rings. The van der Waals surface area contributed by atoms with Crippen LogP contribution in [0.4, 0.5) is 0 Å². The van der Waals surface area contributed by atoms with Gasteiger partial charge in [0.1, 0.15) is 0 Å². The Balaban J connectivity index is 1.01. The number of hydrogen-bond acceptors (Lipinski definition) is 4. The molecule has 0 aliphatic carbocycles. The number of benzene rings is 7. The van der Waals surface area contributed by atoms with Gasteiger partial charge >= 0.3 is 0 Å². The van der Waals surface area contributed by atoms with Crippen LogP contribution >= 0.6 is 15.8 Å². The molecule has 7 aromatic rings. The molecule has 74 heavy (non-hydrogen) atoms. The van der Waals surface area contributed by atoms with Crippen LogP contribution in [-0.2, 0) is 44.6 Å². The van der Waals surface area contributed by atoms with Crippen molar-refractivity contribution >= 4 is 26.5 Å². The molecule has 0 aromatic heterocycles. The second-order valence-corrected chi connectivity index (χ2v) is 27.5. The predicted octanol–water partition coefficient (Wildman–Crippen LogP) is 15.6. The minimum absolute atomic E-state index is 0.0604. The molecule has 4 heterocycles. The quantitative estimate of drug-likeness (QED) is 0.0803. The van der Waals surface area contributed by atoms with Gasteiger partial charge in [0.15, 0.2) is 12.6 Å². The van der Waals surface area contributed by atoms with E-state index in [9.17, 15) is 0 Å². The molecule has 7 aromatic carbocycles. The molecule has 6 unspecified atom stereocenters. The largest absolute Gasteiger partial charge is 0.342 e. The third kappa shape index (κ3) is 10.7. The van der Waals surface area contributed by atoms with Crippen molar-refractivity contribution in [3.63, 3.8) is 0 Å². The summed E-state index contributed by atoms with van der Waals surface area (Å²) < 4.78 is 29.7. The van der Waals surface area contributed by atoms with Gasteiger partial charge in [-0.2, -0.15) is 0 Å². The standard InChI is InChI=1S/C68H76O4P2/c1-7-55(45(3)4)51-33-37-53(38-34-51)67-69-63-59(41-47-23-13-9-14-24-47)73(60(64(63)70-67)42-48-25-15-10-16-26-48)57-31-21-22-32-58(57)74-61(43-49-27-17-11-18-28-49)65-66(62(74)44-50-29-19-12-20-30-50)72-68(71-65)54-39-35-52(36-40-54)56(8-2)46(5)6/h9-40,45-46,55-56,59-68H,7-8,41-44H2,1-6H3/t55?,56?,59-,60-,61-,62-,63?,64?,65?,66?,67?,68?,73?,74?/m0/s1. The number of rotatable bonds is 18. The molecular weight excluding hydrogens is 943 g/mol. The summed E-state index contributed by atoms with van der Waals surface area (Å²) in [6.07, 6.45) is 4.92. The Kier molecular flexibility index (Phi) is 16.1. The Morgan fingerprint density at radius 2 is 0.595 bits per heavy atom. The van der Waals surface area contributed by atoms with Crippen molar-refractivity contribution in [2.75, 3.05) is 0 Å². The van der Waals surface area contributed by atoms with Crippen LogP contribution in [0.2, 0.25) is 0 Å². The zero-order chi connectivity index (χ0) is 50.7. The van der Waals surface area contributed by atoms with Gasteiger partial charge in [-0.25, -0.2) is 0 Å². The number of fused-ring (bicyclic) bond motifs is 2. The molecule has 0 N–H and O–H groups in total. The maximum atomic E-state index is 7.43. The molecule has 4 aliphatic heterocycles. The maximum Gasteiger partial charge on any atom is 0.184 e. The van der Waals surface area contributed by atoms with Gasteiger partial charge in [-0.05, 0) is 106 Å². The van der Waals surface area contributed by atoms with Crippen molar-refractivity contribution in [1.29, 1.82) is 0 Å². The van der Waals surface area contributed by atoms with Crippen LogP contribution < -0.4 is 10.6 Å². The van der Waals surface area contributed by atoms with Crippen molar-refractivity contribution in [2.24, 2.45) is 11.8 Å². The summed E-state index contributed by atoms with van der Waals surface area (Å²) in [6.45, 7) is 13.9. The molecule has 11 rings (SSSR count). The molecule has 4 saturated heterocycles. The van der Waals surface area contributed by atoms with E-state index in [2.05, 4.69) is 236 Å². The molecule has 0 bridgehead atoms. The van der Waals surface area contributed by atoms with E-state index < -0.39 is 28.4 Å². The Hall–Kier alpha value is -4.76. The van der Waals surface area contributed by atoms with Crippen molar-refractivity contribution in [2.45, 2.75) is 152 Å². The summed E-state index contributed by atoms with van der Waals surface area (Å²) in [7, 11) is -1.69. The first-order valence-electron chi connectivity index (χ1n) is 27.9. The minimum atomic E-state index is -0.843. The molecule has 0 radical (unpaired) electrons. The average molecular weight is 1020 g/mol. The van der Waals surface area contributed by atoms with Crippen molar-refractivity contribution in [3.05, 3.63) is 239 Å². The van der Waals surface area contributed by atoms with Gasteiger partial charge in [0.05, 0.1) is 24.4 Å². The summed E-state index contributed by atoms with van der Waals surface area (Å²) >= 11 is 0. The van der Waals surface area contributed by atoms with Gasteiger partial charge < -0.3 is 18.9 Å². The number of hydrogen-bond donors (Lipinski definition) is 0. The summed E-state index contributed by atoms with van der Waals surface area (Å²) in [6, 6.07) is 72.9. The van der Waals surface area contributed by atoms with E-state index in [-0.39, 0.29) is 47.1 Å². The van der Waals surface area contributed by atoms with Gasteiger partial charge in [0.2, 0.25) is 0 Å². The zero-order valence-electron chi connectivity index (χ0n) is 44.3. The van der Waals surface area contributed by atoms with Gasteiger partial charge in [0.25, 0.3) is 0 Å². The molecule has 0 saturated carbocycles.